The van der Waals surface area contributed by atoms with E-state index in [1.54, 1.807) is 17.4 Å². The van der Waals surface area contributed by atoms with Crippen LogP contribution in [-0.2, 0) is 0 Å². The van der Waals surface area contributed by atoms with E-state index in [1.807, 2.05) is 17.7 Å². The predicted octanol–water partition coefficient (Wildman–Crippen LogP) is 4.75. The number of benzene rings is 1. The summed E-state index contributed by atoms with van der Waals surface area (Å²) >= 11 is 5.05. The van der Waals surface area contributed by atoms with E-state index in [0.29, 0.717) is 11.3 Å². The van der Waals surface area contributed by atoms with E-state index < -0.39 is 0 Å². The molecule has 1 atom stereocenters. The monoisotopic (exact) mass is 339 g/mol. The van der Waals surface area contributed by atoms with E-state index in [1.165, 1.54) is 12.1 Å². The third-order valence-corrected chi connectivity index (χ3v) is 4.95. The number of rotatable bonds is 2. The van der Waals surface area contributed by atoms with Crippen molar-refractivity contribution >= 4 is 38.2 Å². The number of aryl methyl sites for hydroxylation is 1. The molecule has 0 aliphatic heterocycles. The summed E-state index contributed by atoms with van der Waals surface area (Å²) in [6.45, 7) is 1.90. The molecule has 2 N–H and O–H groups in total. The fraction of sp³-hybridized carbons (Fsp3) is 0.143. The molecule has 1 aromatic carbocycles. The van der Waals surface area contributed by atoms with Crippen LogP contribution in [0.2, 0.25) is 0 Å². The van der Waals surface area contributed by atoms with Gasteiger partial charge in [0.1, 0.15) is 17.2 Å². The molecule has 2 heterocycles. The van der Waals surface area contributed by atoms with Crippen molar-refractivity contribution in [2.75, 3.05) is 0 Å². The maximum atomic E-state index is 13.3. The van der Waals surface area contributed by atoms with Crippen molar-refractivity contribution in [2.45, 2.75) is 13.0 Å². The van der Waals surface area contributed by atoms with Gasteiger partial charge >= 0.3 is 0 Å². The van der Waals surface area contributed by atoms with Crippen LogP contribution in [0.5, 0.6) is 0 Å². The third kappa shape index (κ3) is 2.12. The number of hydrogen-bond donors (Lipinski definition) is 1. The molecule has 0 aliphatic rings. The molecule has 0 aliphatic carbocycles. The van der Waals surface area contributed by atoms with E-state index >= 15 is 0 Å². The van der Waals surface area contributed by atoms with Crippen molar-refractivity contribution in [3.05, 3.63) is 56.1 Å². The number of halogens is 2. The predicted molar refractivity (Wildman–Crippen MR) is 79.0 cm³/mol. The summed E-state index contributed by atoms with van der Waals surface area (Å²) in [5, 5.41) is 4.74. The van der Waals surface area contributed by atoms with Gasteiger partial charge in [0.2, 0.25) is 0 Å². The molecule has 5 heteroatoms. The van der Waals surface area contributed by atoms with E-state index in [9.17, 15) is 4.39 Å². The average molecular weight is 340 g/mol. The lowest BCUT2D eigenvalue weighted by Crippen LogP contribution is -2.11. The molecule has 3 rings (SSSR count). The van der Waals surface area contributed by atoms with Crippen molar-refractivity contribution in [2.24, 2.45) is 5.73 Å². The first kappa shape index (κ1) is 12.8. The normalized spacial score (nSPS) is 13.1. The Balaban J connectivity index is 2.15. The molecular weight excluding hydrogens is 329 g/mol. The fourth-order valence-electron chi connectivity index (χ4n) is 2.16. The fourth-order valence-corrected chi connectivity index (χ4v) is 3.74. The quantitative estimate of drug-likeness (QED) is 0.731. The molecule has 0 amide bonds. The van der Waals surface area contributed by atoms with Gasteiger partial charge in [-0.2, -0.15) is 11.3 Å². The lowest BCUT2D eigenvalue weighted by Gasteiger charge is -2.09. The third-order valence-electron chi connectivity index (χ3n) is 3.19. The standard InChI is InChI=1S/C14H11BrFNOS/c1-7-9-4-8(16)2-3-12(9)18-14(7)13(17)10-5-19-6-11(10)15/h2-6,13H,17H2,1H3. The molecular formula is C14H11BrFNOS. The van der Waals surface area contributed by atoms with Gasteiger partial charge in [0.25, 0.3) is 0 Å². The van der Waals surface area contributed by atoms with Crippen LogP contribution in [0.1, 0.15) is 22.9 Å². The van der Waals surface area contributed by atoms with Gasteiger partial charge in [0.05, 0.1) is 6.04 Å². The van der Waals surface area contributed by atoms with Gasteiger partial charge in [-0.25, -0.2) is 4.39 Å². The maximum Gasteiger partial charge on any atom is 0.134 e. The minimum atomic E-state index is -0.351. The van der Waals surface area contributed by atoms with E-state index in [2.05, 4.69) is 15.9 Å². The van der Waals surface area contributed by atoms with Crippen molar-refractivity contribution in [1.29, 1.82) is 0 Å². The zero-order valence-corrected chi connectivity index (χ0v) is 12.5. The average Bonchev–Trinajstić information content (AvgIpc) is 2.94. The van der Waals surface area contributed by atoms with Crippen molar-refractivity contribution < 1.29 is 8.81 Å². The molecule has 1 unspecified atom stereocenters. The first-order valence-electron chi connectivity index (χ1n) is 5.73. The largest absolute Gasteiger partial charge is 0.459 e. The number of furan rings is 1. The topological polar surface area (TPSA) is 39.2 Å². The summed E-state index contributed by atoms with van der Waals surface area (Å²) in [6, 6.07) is 4.15. The Hall–Kier alpha value is -1.17. The molecule has 0 spiro atoms. The SMILES string of the molecule is Cc1c(C(N)c2cscc2Br)oc2ccc(F)cc12. The molecule has 98 valence electrons. The lowest BCUT2D eigenvalue weighted by atomic mass is 10.0. The Morgan fingerprint density at radius 3 is 2.84 bits per heavy atom. The molecule has 2 nitrogen and oxygen atoms in total. The van der Waals surface area contributed by atoms with Gasteiger partial charge in [-0.15, -0.1) is 0 Å². The Morgan fingerprint density at radius 2 is 2.16 bits per heavy atom. The van der Waals surface area contributed by atoms with Crippen molar-refractivity contribution in [3.8, 4) is 0 Å². The smallest absolute Gasteiger partial charge is 0.134 e. The van der Waals surface area contributed by atoms with Crippen LogP contribution in [0.4, 0.5) is 4.39 Å². The second kappa shape index (κ2) is 4.74. The van der Waals surface area contributed by atoms with Gasteiger partial charge in [0, 0.05) is 26.4 Å². The minimum Gasteiger partial charge on any atom is -0.459 e. The summed E-state index contributed by atoms with van der Waals surface area (Å²) in [5.41, 5.74) is 8.78. The van der Waals surface area contributed by atoms with Crippen LogP contribution in [0.3, 0.4) is 0 Å². The summed E-state index contributed by atoms with van der Waals surface area (Å²) in [5.74, 6) is 0.410. The summed E-state index contributed by atoms with van der Waals surface area (Å²) in [7, 11) is 0. The molecule has 19 heavy (non-hydrogen) atoms. The number of thiophene rings is 1. The second-order valence-corrected chi connectivity index (χ2v) is 5.98. The summed E-state index contributed by atoms with van der Waals surface area (Å²) < 4.78 is 20.0. The first-order chi connectivity index (χ1) is 9.08. The second-order valence-electron chi connectivity index (χ2n) is 4.38. The van der Waals surface area contributed by atoms with E-state index in [4.69, 9.17) is 10.2 Å². The van der Waals surface area contributed by atoms with Crippen LogP contribution in [0.25, 0.3) is 11.0 Å². The minimum absolute atomic E-state index is 0.270. The molecule has 3 aromatic rings. The van der Waals surface area contributed by atoms with Crippen molar-refractivity contribution in [1.82, 2.24) is 0 Å². The number of fused-ring (bicyclic) bond motifs is 1. The maximum absolute atomic E-state index is 13.3. The van der Waals surface area contributed by atoms with Crippen LogP contribution in [0, 0.1) is 12.7 Å². The summed E-state index contributed by atoms with van der Waals surface area (Å²) in [4.78, 5) is 0. The zero-order valence-electron chi connectivity index (χ0n) is 10.1. The van der Waals surface area contributed by atoms with Gasteiger partial charge in [0.15, 0.2) is 0 Å². The number of hydrogen-bond acceptors (Lipinski definition) is 3. The Kier molecular flexibility index (Phi) is 3.20. The van der Waals surface area contributed by atoms with E-state index in [0.717, 1.165) is 21.0 Å². The van der Waals surface area contributed by atoms with Gasteiger partial charge in [-0.3, -0.25) is 0 Å². The van der Waals surface area contributed by atoms with Crippen molar-refractivity contribution in [3.63, 3.8) is 0 Å². The first-order valence-corrected chi connectivity index (χ1v) is 7.47. The molecule has 2 aromatic heterocycles. The molecule has 0 saturated carbocycles. The highest BCUT2D eigenvalue weighted by Gasteiger charge is 2.21. The number of nitrogens with two attached hydrogens (primary N) is 1. The molecule has 0 fully saturated rings. The molecule has 0 saturated heterocycles. The Bertz CT molecular complexity index is 749. The van der Waals surface area contributed by atoms with Gasteiger partial charge < -0.3 is 10.2 Å². The van der Waals surface area contributed by atoms with Gasteiger partial charge in [-0.05, 0) is 46.4 Å². The highest BCUT2D eigenvalue weighted by Crippen LogP contribution is 2.35. The highest BCUT2D eigenvalue weighted by atomic mass is 79.9. The zero-order chi connectivity index (χ0) is 13.6. The Labute approximate surface area is 122 Å². The van der Waals surface area contributed by atoms with Crippen LogP contribution in [-0.4, -0.2) is 0 Å². The van der Waals surface area contributed by atoms with E-state index in [-0.39, 0.29) is 11.9 Å². The van der Waals surface area contributed by atoms with Crippen LogP contribution in [0.15, 0.2) is 37.8 Å². The molecule has 0 bridgehead atoms. The summed E-state index contributed by atoms with van der Waals surface area (Å²) in [6.07, 6.45) is 0. The van der Waals surface area contributed by atoms with Crippen LogP contribution < -0.4 is 5.73 Å². The Morgan fingerprint density at radius 1 is 1.37 bits per heavy atom. The highest BCUT2D eigenvalue weighted by molar-refractivity contribution is 9.10. The molecule has 0 radical (unpaired) electrons. The lowest BCUT2D eigenvalue weighted by molar-refractivity contribution is 0.520. The van der Waals surface area contributed by atoms with Gasteiger partial charge in [-0.1, -0.05) is 0 Å². The van der Waals surface area contributed by atoms with Crippen LogP contribution >= 0.6 is 27.3 Å².